The number of piperidine rings is 1. The summed E-state index contributed by atoms with van der Waals surface area (Å²) in [6.07, 6.45) is 8.12. The van der Waals surface area contributed by atoms with Gasteiger partial charge < -0.3 is 20.6 Å². The molecule has 1 aliphatic carbocycles. The molecule has 1 heterocycles. The maximum absolute atomic E-state index is 9.50. The number of rotatable bonds is 6. The summed E-state index contributed by atoms with van der Waals surface area (Å²) in [5.74, 6) is 0.985. The highest BCUT2D eigenvalue weighted by Gasteiger charge is 2.17. The zero-order valence-corrected chi connectivity index (χ0v) is 13.5. The van der Waals surface area contributed by atoms with Gasteiger partial charge in [-0.2, -0.15) is 0 Å². The van der Waals surface area contributed by atoms with Gasteiger partial charge in [0.15, 0.2) is 5.96 Å². The Morgan fingerprint density at radius 2 is 1.90 bits per heavy atom. The van der Waals surface area contributed by atoms with Gasteiger partial charge in [-0.25, -0.2) is 0 Å². The lowest BCUT2D eigenvalue weighted by Gasteiger charge is -2.29. The zero-order valence-electron chi connectivity index (χ0n) is 13.5. The van der Waals surface area contributed by atoms with Crippen molar-refractivity contribution in [2.24, 2.45) is 4.99 Å². The van der Waals surface area contributed by atoms with Gasteiger partial charge in [0.2, 0.25) is 0 Å². The minimum Gasteiger partial charge on any atom is -0.393 e. The lowest BCUT2D eigenvalue weighted by Crippen LogP contribution is -2.42. The van der Waals surface area contributed by atoms with Crippen LogP contribution in [0.15, 0.2) is 4.99 Å². The Bertz CT molecular complexity index is 307. The van der Waals surface area contributed by atoms with Crippen LogP contribution in [0, 0.1) is 0 Å². The highest BCUT2D eigenvalue weighted by atomic mass is 16.3. The van der Waals surface area contributed by atoms with Gasteiger partial charge in [0.25, 0.3) is 0 Å². The Morgan fingerprint density at radius 3 is 2.57 bits per heavy atom. The first-order valence-electron chi connectivity index (χ1n) is 8.73. The van der Waals surface area contributed by atoms with Crippen molar-refractivity contribution in [2.45, 2.75) is 64.0 Å². The summed E-state index contributed by atoms with van der Waals surface area (Å²) in [4.78, 5) is 7.14. The van der Waals surface area contributed by atoms with E-state index < -0.39 is 0 Å². The van der Waals surface area contributed by atoms with Crippen LogP contribution in [0.5, 0.6) is 0 Å². The van der Waals surface area contributed by atoms with Gasteiger partial charge in [0.05, 0.1) is 6.10 Å². The van der Waals surface area contributed by atoms with E-state index in [0.29, 0.717) is 6.04 Å². The number of likely N-dealkylation sites (tertiary alicyclic amines) is 1. The van der Waals surface area contributed by atoms with E-state index in [1.165, 1.54) is 25.7 Å². The van der Waals surface area contributed by atoms with Gasteiger partial charge in [0, 0.05) is 32.2 Å². The molecule has 21 heavy (non-hydrogen) atoms. The fourth-order valence-electron chi connectivity index (χ4n) is 3.21. The Hall–Kier alpha value is -0.810. The minimum atomic E-state index is -0.0739. The van der Waals surface area contributed by atoms with Crippen molar-refractivity contribution in [2.75, 3.05) is 32.7 Å². The number of hydrogen-bond donors (Lipinski definition) is 3. The van der Waals surface area contributed by atoms with E-state index in [2.05, 4.69) is 22.5 Å². The van der Waals surface area contributed by atoms with Crippen LogP contribution in [0.4, 0.5) is 0 Å². The summed E-state index contributed by atoms with van der Waals surface area (Å²) in [7, 11) is 0. The first kappa shape index (κ1) is 16.6. The molecule has 3 N–H and O–H groups in total. The van der Waals surface area contributed by atoms with Gasteiger partial charge in [-0.15, -0.1) is 0 Å². The van der Waals surface area contributed by atoms with Crippen molar-refractivity contribution in [1.29, 1.82) is 0 Å². The quantitative estimate of drug-likeness (QED) is 0.393. The fourth-order valence-corrected chi connectivity index (χ4v) is 3.21. The van der Waals surface area contributed by atoms with E-state index in [4.69, 9.17) is 4.99 Å². The van der Waals surface area contributed by atoms with Crippen molar-refractivity contribution in [3.05, 3.63) is 0 Å². The number of aliphatic hydroxyl groups excluding tert-OH is 1. The van der Waals surface area contributed by atoms with Gasteiger partial charge in [0.1, 0.15) is 0 Å². The molecule has 1 saturated carbocycles. The molecular weight excluding hydrogens is 264 g/mol. The van der Waals surface area contributed by atoms with Crippen molar-refractivity contribution in [3.8, 4) is 0 Å². The SMILES string of the molecule is CCNC(=NCCCN1CCC(O)CC1)NC1CCCC1. The van der Waals surface area contributed by atoms with Gasteiger partial charge in [-0.05, 0) is 45.6 Å². The molecule has 0 atom stereocenters. The highest BCUT2D eigenvalue weighted by Crippen LogP contribution is 2.17. The smallest absolute Gasteiger partial charge is 0.191 e. The summed E-state index contributed by atoms with van der Waals surface area (Å²) in [5.41, 5.74) is 0. The molecule has 122 valence electrons. The van der Waals surface area contributed by atoms with Crippen LogP contribution >= 0.6 is 0 Å². The first-order chi connectivity index (χ1) is 10.3. The molecular formula is C16H32N4O. The molecule has 2 rings (SSSR count). The molecule has 0 aromatic heterocycles. The summed E-state index contributed by atoms with van der Waals surface area (Å²) in [6.45, 7) is 7.07. The molecule has 5 nitrogen and oxygen atoms in total. The van der Waals surface area contributed by atoms with Gasteiger partial charge in [-0.3, -0.25) is 4.99 Å². The molecule has 0 spiro atoms. The molecule has 1 saturated heterocycles. The normalized spacial score (nSPS) is 22.7. The van der Waals surface area contributed by atoms with E-state index in [0.717, 1.165) is 57.9 Å². The molecule has 0 unspecified atom stereocenters. The average molecular weight is 296 g/mol. The van der Waals surface area contributed by atoms with E-state index in [1.807, 2.05) is 0 Å². The van der Waals surface area contributed by atoms with Crippen LogP contribution in [-0.2, 0) is 0 Å². The third-order valence-electron chi connectivity index (χ3n) is 4.50. The summed E-state index contributed by atoms with van der Waals surface area (Å²) >= 11 is 0. The molecule has 2 aliphatic rings. The number of aliphatic imine (C=N–C) groups is 1. The van der Waals surface area contributed by atoms with Crippen LogP contribution in [0.2, 0.25) is 0 Å². The van der Waals surface area contributed by atoms with Crippen molar-refractivity contribution in [3.63, 3.8) is 0 Å². The Labute approximate surface area is 129 Å². The van der Waals surface area contributed by atoms with Crippen LogP contribution in [0.25, 0.3) is 0 Å². The predicted octanol–water partition coefficient (Wildman–Crippen LogP) is 1.33. The molecule has 0 aromatic rings. The largest absolute Gasteiger partial charge is 0.393 e. The minimum absolute atomic E-state index is 0.0739. The Balaban J connectivity index is 1.64. The second-order valence-corrected chi connectivity index (χ2v) is 6.31. The van der Waals surface area contributed by atoms with E-state index in [1.54, 1.807) is 0 Å². The van der Waals surface area contributed by atoms with Crippen molar-refractivity contribution < 1.29 is 5.11 Å². The van der Waals surface area contributed by atoms with Crippen molar-refractivity contribution >= 4 is 5.96 Å². The van der Waals surface area contributed by atoms with Crippen LogP contribution in [0.3, 0.4) is 0 Å². The van der Waals surface area contributed by atoms with E-state index >= 15 is 0 Å². The maximum atomic E-state index is 9.50. The summed E-state index contributed by atoms with van der Waals surface area (Å²) in [5, 5.41) is 16.4. The highest BCUT2D eigenvalue weighted by molar-refractivity contribution is 5.80. The average Bonchev–Trinajstić information content (AvgIpc) is 2.98. The number of hydrogen-bond acceptors (Lipinski definition) is 3. The lowest BCUT2D eigenvalue weighted by molar-refractivity contribution is 0.0824. The van der Waals surface area contributed by atoms with Crippen molar-refractivity contribution in [1.82, 2.24) is 15.5 Å². The summed E-state index contributed by atoms with van der Waals surface area (Å²) in [6, 6.07) is 0.617. The molecule has 0 aromatic carbocycles. The van der Waals surface area contributed by atoms with Crippen LogP contribution in [-0.4, -0.2) is 60.8 Å². The monoisotopic (exact) mass is 296 g/mol. The summed E-state index contributed by atoms with van der Waals surface area (Å²) < 4.78 is 0. The molecule has 5 heteroatoms. The second kappa shape index (κ2) is 9.26. The molecule has 0 amide bonds. The fraction of sp³-hybridized carbons (Fsp3) is 0.938. The molecule has 0 radical (unpaired) electrons. The number of aliphatic hydroxyl groups is 1. The third kappa shape index (κ3) is 6.22. The zero-order chi connectivity index (χ0) is 14.9. The standard InChI is InChI=1S/C16H32N4O/c1-2-17-16(19-14-6-3-4-7-14)18-10-5-11-20-12-8-15(21)9-13-20/h14-15,21H,2-13H2,1H3,(H2,17,18,19). The van der Waals surface area contributed by atoms with Crippen LogP contribution < -0.4 is 10.6 Å². The maximum Gasteiger partial charge on any atom is 0.191 e. The third-order valence-corrected chi connectivity index (χ3v) is 4.50. The first-order valence-corrected chi connectivity index (χ1v) is 8.73. The second-order valence-electron chi connectivity index (χ2n) is 6.31. The van der Waals surface area contributed by atoms with E-state index in [9.17, 15) is 5.11 Å². The van der Waals surface area contributed by atoms with Crippen LogP contribution in [0.1, 0.15) is 51.9 Å². The van der Waals surface area contributed by atoms with E-state index in [-0.39, 0.29) is 6.10 Å². The number of nitrogens with zero attached hydrogens (tertiary/aromatic N) is 2. The number of nitrogens with one attached hydrogen (secondary N) is 2. The van der Waals surface area contributed by atoms with Gasteiger partial charge in [-0.1, -0.05) is 12.8 Å². The number of guanidine groups is 1. The lowest BCUT2D eigenvalue weighted by atomic mass is 10.1. The molecule has 1 aliphatic heterocycles. The molecule has 0 bridgehead atoms. The Morgan fingerprint density at radius 1 is 1.19 bits per heavy atom. The molecule has 2 fully saturated rings. The van der Waals surface area contributed by atoms with Gasteiger partial charge >= 0.3 is 0 Å². The predicted molar refractivity (Wildman–Crippen MR) is 87.7 cm³/mol. The Kier molecular flexibility index (Phi) is 7.30. The topological polar surface area (TPSA) is 59.9 Å².